The number of carbonyl (C=O) groups is 3. The lowest BCUT2D eigenvalue weighted by atomic mass is 9.93. The van der Waals surface area contributed by atoms with Crippen molar-refractivity contribution in [2.75, 3.05) is 11.9 Å². The number of carbonyl (C=O) groups excluding carboxylic acids is 3. The SMILES string of the molecule is CC(C)CCN1C(=O)c2ccc(C(=O)Nc3nc(C(C)(C)C)cs3)cc2C1=O. The van der Waals surface area contributed by atoms with Crippen molar-refractivity contribution in [1.29, 1.82) is 0 Å². The third-order valence-electron chi connectivity index (χ3n) is 4.66. The maximum atomic E-state index is 12.6. The van der Waals surface area contributed by atoms with Crippen LogP contribution in [0.2, 0.25) is 0 Å². The van der Waals surface area contributed by atoms with Crippen LogP contribution in [-0.2, 0) is 5.41 Å². The second kappa shape index (κ2) is 7.47. The number of benzene rings is 1. The first-order valence-electron chi connectivity index (χ1n) is 9.35. The van der Waals surface area contributed by atoms with Crippen LogP contribution in [0, 0.1) is 5.92 Å². The molecule has 28 heavy (non-hydrogen) atoms. The van der Waals surface area contributed by atoms with Gasteiger partial charge in [0.25, 0.3) is 17.7 Å². The average Bonchev–Trinajstić information content (AvgIpc) is 3.17. The van der Waals surface area contributed by atoms with E-state index in [0.29, 0.717) is 28.7 Å². The number of nitrogens with zero attached hydrogens (tertiary/aromatic N) is 2. The van der Waals surface area contributed by atoms with Crippen LogP contribution in [0.3, 0.4) is 0 Å². The summed E-state index contributed by atoms with van der Waals surface area (Å²) >= 11 is 1.36. The molecule has 1 N–H and O–H groups in total. The molecule has 2 heterocycles. The van der Waals surface area contributed by atoms with Gasteiger partial charge in [-0.1, -0.05) is 34.6 Å². The van der Waals surface area contributed by atoms with Crippen LogP contribution in [0.5, 0.6) is 0 Å². The van der Waals surface area contributed by atoms with Crippen molar-refractivity contribution < 1.29 is 14.4 Å². The molecule has 1 aromatic carbocycles. The molecule has 1 aromatic heterocycles. The highest BCUT2D eigenvalue weighted by atomic mass is 32.1. The molecule has 0 fully saturated rings. The first kappa shape index (κ1) is 20.2. The van der Waals surface area contributed by atoms with Gasteiger partial charge in [0.05, 0.1) is 16.8 Å². The van der Waals surface area contributed by atoms with Crippen molar-refractivity contribution in [3.05, 3.63) is 46.0 Å². The number of rotatable bonds is 5. The summed E-state index contributed by atoms with van der Waals surface area (Å²) in [6, 6.07) is 4.63. The summed E-state index contributed by atoms with van der Waals surface area (Å²) in [5.74, 6) is -0.581. The molecule has 7 heteroatoms. The third-order valence-corrected chi connectivity index (χ3v) is 5.41. The molecule has 0 radical (unpaired) electrons. The second-order valence-corrected chi connectivity index (χ2v) is 9.30. The van der Waals surface area contributed by atoms with Crippen molar-refractivity contribution in [1.82, 2.24) is 9.88 Å². The van der Waals surface area contributed by atoms with Crippen LogP contribution in [0.25, 0.3) is 0 Å². The quantitative estimate of drug-likeness (QED) is 0.759. The molecule has 148 valence electrons. The van der Waals surface area contributed by atoms with Crippen LogP contribution in [0.15, 0.2) is 23.6 Å². The minimum Gasteiger partial charge on any atom is -0.298 e. The van der Waals surface area contributed by atoms with Gasteiger partial charge in [-0.15, -0.1) is 11.3 Å². The highest BCUT2D eigenvalue weighted by molar-refractivity contribution is 7.14. The third kappa shape index (κ3) is 3.99. The predicted octanol–water partition coefficient (Wildman–Crippen LogP) is 4.34. The predicted molar refractivity (Wildman–Crippen MR) is 110 cm³/mol. The van der Waals surface area contributed by atoms with E-state index in [1.807, 2.05) is 19.2 Å². The highest BCUT2D eigenvalue weighted by Gasteiger charge is 2.35. The summed E-state index contributed by atoms with van der Waals surface area (Å²) in [6.07, 6.45) is 0.749. The van der Waals surface area contributed by atoms with E-state index in [2.05, 4.69) is 31.1 Å². The van der Waals surface area contributed by atoms with Crippen LogP contribution < -0.4 is 5.32 Å². The molecule has 6 nitrogen and oxygen atoms in total. The molecule has 0 spiro atoms. The Morgan fingerprint density at radius 3 is 2.46 bits per heavy atom. The topological polar surface area (TPSA) is 79.4 Å². The molecule has 1 aliphatic rings. The molecule has 0 saturated carbocycles. The van der Waals surface area contributed by atoms with Crippen LogP contribution in [0.1, 0.15) is 77.8 Å². The monoisotopic (exact) mass is 399 g/mol. The Bertz CT molecular complexity index is 941. The van der Waals surface area contributed by atoms with Gasteiger partial charge in [0.1, 0.15) is 0 Å². The van der Waals surface area contributed by atoms with Crippen molar-refractivity contribution in [2.45, 2.75) is 46.5 Å². The number of fused-ring (bicyclic) bond motifs is 1. The Labute approximate surface area is 169 Å². The molecule has 3 amide bonds. The fourth-order valence-electron chi connectivity index (χ4n) is 2.87. The molecular formula is C21H25N3O3S. The Hall–Kier alpha value is -2.54. The van der Waals surface area contributed by atoms with E-state index in [4.69, 9.17) is 0 Å². The van der Waals surface area contributed by atoms with E-state index in [-0.39, 0.29) is 28.7 Å². The van der Waals surface area contributed by atoms with Gasteiger partial charge in [-0.05, 0) is 30.5 Å². The zero-order chi connectivity index (χ0) is 20.6. The minimum atomic E-state index is -0.349. The highest BCUT2D eigenvalue weighted by Crippen LogP contribution is 2.28. The van der Waals surface area contributed by atoms with Crippen LogP contribution in [-0.4, -0.2) is 34.2 Å². The Kier molecular flexibility index (Phi) is 5.39. The lowest BCUT2D eigenvalue weighted by Crippen LogP contribution is -2.31. The van der Waals surface area contributed by atoms with Gasteiger partial charge >= 0.3 is 0 Å². The van der Waals surface area contributed by atoms with E-state index in [1.54, 1.807) is 12.1 Å². The molecule has 1 aliphatic heterocycles. The fourth-order valence-corrected chi connectivity index (χ4v) is 3.80. The molecule has 3 rings (SSSR count). The Morgan fingerprint density at radius 1 is 1.18 bits per heavy atom. The van der Waals surface area contributed by atoms with E-state index in [1.165, 1.54) is 22.3 Å². The van der Waals surface area contributed by atoms with Gasteiger partial charge in [0.2, 0.25) is 0 Å². The fraction of sp³-hybridized carbons (Fsp3) is 0.429. The molecule has 0 atom stereocenters. The normalized spacial score (nSPS) is 14.0. The summed E-state index contributed by atoms with van der Waals surface area (Å²) in [5.41, 5.74) is 1.78. The summed E-state index contributed by atoms with van der Waals surface area (Å²) in [4.78, 5) is 43.4. The number of hydrogen-bond acceptors (Lipinski definition) is 5. The smallest absolute Gasteiger partial charge is 0.261 e. The number of imide groups is 1. The van der Waals surface area contributed by atoms with Crippen LogP contribution >= 0.6 is 11.3 Å². The Morgan fingerprint density at radius 2 is 1.86 bits per heavy atom. The molecule has 0 unspecified atom stereocenters. The van der Waals surface area contributed by atoms with Crippen molar-refractivity contribution >= 4 is 34.2 Å². The van der Waals surface area contributed by atoms with E-state index < -0.39 is 0 Å². The van der Waals surface area contributed by atoms with Gasteiger partial charge in [0.15, 0.2) is 5.13 Å². The van der Waals surface area contributed by atoms with Crippen LogP contribution in [0.4, 0.5) is 5.13 Å². The van der Waals surface area contributed by atoms with Crippen molar-refractivity contribution in [3.8, 4) is 0 Å². The molecule has 0 saturated heterocycles. The van der Waals surface area contributed by atoms with E-state index in [9.17, 15) is 14.4 Å². The lowest BCUT2D eigenvalue weighted by molar-refractivity contribution is 0.0647. The average molecular weight is 400 g/mol. The summed E-state index contributed by atoms with van der Waals surface area (Å²) in [5, 5.41) is 5.21. The van der Waals surface area contributed by atoms with Crippen molar-refractivity contribution in [2.24, 2.45) is 5.92 Å². The van der Waals surface area contributed by atoms with E-state index in [0.717, 1.165) is 12.1 Å². The number of anilines is 1. The zero-order valence-corrected chi connectivity index (χ0v) is 17.6. The first-order valence-corrected chi connectivity index (χ1v) is 10.2. The lowest BCUT2D eigenvalue weighted by Gasteiger charge is -2.14. The molecule has 2 aromatic rings. The van der Waals surface area contributed by atoms with Gasteiger partial charge in [-0.2, -0.15) is 0 Å². The van der Waals surface area contributed by atoms with Gasteiger partial charge < -0.3 is 0 Å². The number of nitrogens with one attached hydrogen (secondary N) is 1. The standard InChI is InChI=1S/C21H25N3O3S/c1-12(2)8-9-24-18(26)14-7-6-13(10-15(14)19(24)27)17(25)23-20-22-16(11-28-20)21(3,4)5/h6-7,10-12H,8-9H2,1-5H3,(H,22,23,25). The number of hydrogen-bond donors (Lipinski definition) is 1. The second-order valence-electron chi connectivity index (χ2n) is 8.45. The van der Waals surface area contributed by atoms with Gasteiger partial charge in [0, 0.05) is 22.9 Å². The molecular weight excluding hydrogens is 374 g/mol. The first-order chi connectivity index (χ1) is 13.1. The molecule has 0 aliphatic carbocycles. The van der Waals surface area contributed by atoms with Gasteiger partial charge in [-0.25, -0.2) is 4.98 Å². The number of aromatic nitrogens is 1. The summed E-state index contributed by atoms with van der Waals surface area (Å²) < 4.78 is 0. The maximum Gasteiger partial charge on any atom is 0.261 e. The Balaban J connectivity index is 1.77. The maximum absolute atomic E-state index is 12.6. The number of thiazole rings is 1. The molecule has 0 bridgehead atoms. The zero-order valence-electron chi connectivity index (χ0n) is 16.8. The largest absolute Gasteiger partial charge is 0.298 e. The summed E-state index contributed by atoms with van der Waals surface area (Å²) in [7, 11) is 0. The van der Waals surface area contributed by atoms with Crippen molar-refractivity contribution in [3.63, 3.8) is 0 Å². The number of amides is 3. The summed E-state index contributed by atoms with van der Waals surface area (Å²) in [6.45, 7) is 10.7. The van der Waals surface area contributed by atoms with E-state index >= 15 is 0 Å². The van der Waals surface area contributed by atoms with Gasteiger partial charge in [-0.3, -0.25) is 24.6 Å². The minimum absolute atomic E-state index is 0.0979.